The van der Waals surface area contributed by atoms with Crippen molar-refractivity contribution in [1.29, 1.82) is 0 Å². The van der Waals surface area contributed by atoms with E-state index in [-0.39, 0.29) is 11.5 Å². The van der Waals surface area contributed by atoms with Gasteiger partial charge in [0.15, 0.2) is 0 Å². The summed E-state index contributed by atoms with van der Waals surface area (Å²) in [7, 11) is 0. The van der Waals surface area contributed by atoms with Gasteiger partial charge in [-0.3, -0.25) is 0 Å². The van der Waals surface area contributed by atoms with Crippen LogP contribution in [-0.4, -0.2) is 11.5 Å². The molecule has 17 heavy (non-hydrogen) atoms. The summed E-state index contributed by atoms with van der Waals surface area (Å²) in [5.41, 5.74) is 6.96. The molecule has 0 radical (unpaired) electrons. The normalized spacial score (nSPS) is 20.1. The van der Waals surface area contributed by atoms with E-state index in [0.717, 1.165) is 0 Å². The highest BCUT2D eigenvalue weighted by molar-refractivity contribution is 6.05. The van der Waals surface area contributed by atoms with Gasteiger partial charge in [-0.2, -0.15) is 5.10 Å². The molecular weight excluding hydrogens is 224 g/mol. The Bertz CT molecular complexity index is 480. The summed E-state index contributed by atoms with van der Waals surface area (Å²) in [5.74, 6) is 0.576. The summed E-state index contributed by atoms with van der Waals surface area (Å²) in [6, 6.07) is 6.23. The maximum Gasteiger partial charge on any atom is 0.263 e. The molecule has 3 nitrogen and oxygen atoms in total. The van der Waals surface area contributed by atoms with Gasteiger partial charge in [0.25, 0.3) is 6.43 Å². The van der Waals surface area contributed by atoms with E-state index in [4.69, 9.17) is 5.73 Å². The molecule has 0 amide bonds. The summed E-state index contributed by atoms with van der Waals surface area (Å²) < 4.78 is 25.2. The van der Waals surface area contributed by atoms with Crippen LogP contribution < -0.4 is 5.73 Å². The van der Waals surface area contributed by atoms with Gasteiger partial charge in [0.2, 0.25) is 0 Å². The predicted octanol–water partition coefficient (Wildman–Crippen LogP) is 2.73. The van der Waals surface area contributed by atoms with E-state index in [1.165, 1.54) is 12.1 Å². The van der Waals surface area contributed by atoms with Crippen LogP contribution >= 0.6 is 0 Å². The number of alkyl halides is 2. The van der Waals surface area contributed by atoms with Gasteiger partial charge in [-0.25, -0.2) is 8.78 Å². The van der Waals surface area contributed by atoms with Gasteiger partial charge >= 0.3 is 0 Å². The SMILES string of the molecule is CC1CC(N)=NN=C1c1cccc(C(F)F)c1. The molecule has 0 spiro atoms. The minimum Gasteiger partial charge on any atom is -0.386 e. The van der Waals surface area contributed by atoms with Crippen molar-refractivity contribution in [3.8, 4) is 0 Å². The molecule has 2 N–H and O–H groups in total. The van der Waals surface area contributed by atoms with Crippen LogP contribution in [0.15, 0.2) is 34.5 Å². The van der Waals surface area contributed by atoms with E-state index < -0.39 is 6.43 Å². The van der Waals surface area contributed by atoms with Crippen LogP contribution in [0, 0.1) is 5.92 Å². The Hall–Kier alpha value is -1.78. The number of amidine groups is 1. The monoisotopic (exact) mass is 237 g/mol. The van der Waals surface area contributed by atoms with Crippen LogP contribution in [0.4, 0.5) is 8.78 Å². The van der Waals surface area contributed by atoms with Crippen LogP contribution in [0.25, 0.3) is 0 Å². The second-order valence-electron chi connectivity index (χ2n) is 4.11. The first-order chi connectivity index (χ1) is 8.08. The van der Waals surface area contributed by atoms with Crippen molar-refractivity contribution in [2.75, 3.05) is 0 Å². The third kappa shape index (κ3) is 2.49. The molecule has 90 valence electrons. The summed E-state index contributed by atoms with van der Waals surface area (Å²) in [6.45, 7) is 1.95. The summed E-state index contributed by atoms with van der Waals surface area (Å²) >= 11 is 0. The number of nitrogens with zero attached hydrogens (tertiary/aromatic N) is 2. The lowest BCUT2D eigenvalue weighted by Crippen LogP contribution is -2.25. The Kier molecular flexibility index (Phi) is 3.17. The molecule has 1 unspecified atom stereocenters. The first-order valence-electron chi connectivity index (χ1n) is 5.36. The highest BCUT2D eigenvalue weighted by atomic mass is 19.3. The van der Waals surface area contributed by atoms with E-state index in [0.29, 0.717) is 23.5 Å². The lowest BCUT2D eigenvalue weighted by molar-refractivity contribution is 0.151. The molecule has 2 rings (SSSR count). The van der Waals surface area contributed by atoms with Gasteiger partial charge < -0.3 is 5.73 Å². The van der Waals surface area contributed by atoms with Crippen molar-refractivity contribution < 1.29 is 8.78 Å². The maximum atomic E-state index is 12.6. The van der Waals surface area contributed by atoms with Crippen LogP contribution in [0.5, 0.6) is 0 Å². The van der Waals surface area contributed by atoms with Crippen LogP contribution in [0.2, 0.25) is 0 Å². The second-order valence-corrected chi connectivity index (χ2v) is 4.11. The zero-order valence-corrected chi connectivity index (χ0v) is 9.40. The van der Waals surface area contributed by atoms with Crippen molar-refractivity contribution in [2.24, 2.45) is 21.9 Å². The van der Waals surface area contributed by atoms with Gasteiger partial charge in [0, 0.05) is 17.9 Å². The molecule has 0 saturated carbocycles. The molecule has 1 heterocycles. The highest BCUT2D eigenvalue weighted by Crippen LogP contribution is 2.23. The Morgan fingerprint density at radius 1 is 1.35 bits per heavy atom. The number of halogens is 2. The Morgan fingerprint density at radius 2 is 2.12 bits per heavy atom. The molecule has 0 aliphatic carbocycles. The molecule has 1 aliphatic heterocycles. The number of hydrogen-bond acceptors (Lipinski definition) is 3. The largest absolute Gasteiger partial charge is 0.386 e. The maximum absolute atomic E-state index is 12.6. The molecule has 0 aromatic heterocycles. The van der Waals surface area contributed by atoms with Gasteiger partial charge in [-0.05, 0) is 11.6 Å². The number of hydrogen-bond donors (Lipinski definition) is 1. The van der Waals surface area contributed by atoms with E-state index >= 15 is 0 Å². The Labute approximate surface area is 98.0 Å². The standard InChI is InChI=1S/C12H13F2N3/c1-7-5-10(15)16-17-11(7)8-3-2-4-9(6-8)12(13)14/h2-4,6-7,12H,5H2,1H3,(H2,15,16). The third-order valence-electron chi connectivity index (χ3n) is 2.70. The lowest BCUT2D eigenvalue weighted by Gasteiger charge is -2.17. The van der Waals surface area contributed by atoms with Crippen LogP contribution in [0.1, 0.15) is 30.9 Å². The Balaban J connectivity index is 2.37. The van der Waals surface area contributed by atoms with E-state index in [9.17, 15) is 8.78 Å². The van der Waals surface area contributed by atoms with Crippen molar-refractivity contribution >= 4 is 11.5 Å². The summed E-state index contributed by atoms with van der Waals surface area (Å²) in [6.07, 6.45) is -1.86. The van der Waals surface area contributed by atoms with Crippen molar-refractivity contribution in [3.05, 3.63) is 35.4 Å². The van der Waals surface area contributed by atoms with Crippen LogP contribution in [-0.2, 0) is 0 Å². The molecule has 0 fully saturated rings. The molecule has 1 aliphatic rings. The fourth-order valence-electron chi connectivity index (χ4n) is 1.84. The molecule has 0 bridgehead atoms. The topological polar surface area (TPSA) is 50.7 Å². The van der Waals surface area contributed by atoms with Gasteiger partial charge in [-0.1, -0.05) is 25.1 Å². The summed E-state index contributed by atoms with van der Waals surface area (Å²) in [5, 5.41) is 7.80. The quantitative estimate of drug-likeness (QED) is 0.844. The molecule has 1 aromatic carbocycles. The van der Waals surface area contributed by atoms with Crippen molar-refractivity contribution in [2.45, 2.75) is 19.8 Å². The first-order valence-corrected chi connectivity index (χ1v) is 5.36. The van der Waals surface area contributed by atoms with Crippen molar-refractivity contribution in [3.63, 3.8) is 0 Å². The predicted molar refractivity (Wildman–Crippen MR) is 63.3 cm³/mol. The average Bonchev–Trinajstić information content (AvgIpc) is 2.29. The zero-order chi connectivity index (χ0) is 12.4. The van der Waals surface area contributed by atoms with Gasteiger partial charge in [0.05, 0.1) is 5.71 Å². The van der Waals surface area contributed by atoms with Gasteiger partial charge in [-0.15, -0.1) is 5.10 Å². The molecular formula is C12H13F2N3. The average molecular weight is 237 g/mol. The third-order valence-corrected chi connectivity index (χ3v) is 2.70. The number of nitrogens with two attached hydrogens (primary N) is 1. The van der Waals surface area contributed by atoms with Crippen molar-refractivity contribution in [1.82, 2.24) is 0 Å². The first kappa shape index (κ1) is 11.7. The minimum atomic E-state index is -2.47. The Morgan fingerprint density at radius 3 is 2.76 bits per heavy atom. The van der Waals surface area contributed by atoms with E-state index in [2.05, 4.69) is 10.2 Å². The molecule has 5 heteroatoms. The molecule has 0 saturated heterocycles. The van der Waals surface area contributed by atoms with Crippen LogP contribution in [0.3, 0.4) is 0 Å². The fraction of sp³-hybridized carbons (Fsp3) is 0.333. The summed E-state index contributed by atoms with van der Waals surface area (Å²) in [4.78, 5) is 0. The molecule has 1 aromatic rings. The second kappa shape index (κ2) is 4.61. The molecule has 1 atom stereocenters. The lowest BCUT2D eigenvalue weighted by atomic mass is 9.93. The highest BCUT2D eigenvalue weighted by Gasteiger charge is 2.19. The minimum absolute atomic E-state index is 0.0000694. The van der Waals surface area contributed by atoms with E-state index in [1.54, 1.807) is 12.1 Å². The zero-order valence-electron chi connectivity index (χ0n) is 9.40. The number of benzene rings is 1. The smallest absolute Gasteiger partial charge is 0.263 e. The van der Waals surface area contributed by atoms with Gasteiger partial charge in [0.1, 0.15) is 5.84 Å². The number of rotatable bonds is 2. The fourth-order valence-corrected chi connectivity index (χ4v) is 1.84. The van der Waals surface area contributed by atoms with E-state index in [1.807, 2.05) is 6.92 Å².